The number of aliphatic hydroxyl groups is 1. The lowest BCUT2D eigenvalue weighted by atomic mass is 10.0. The SMILES string of the molecule is CCCCCC(=O)N[C@H]1CSCc2cc(CSCCNC(=O)CN3CCN(CC(=O)O)CCN(CC(=O)O)CCN(CC(=O)O)CC3)cc(c2)CSC[C@@H](C(=O)N[C@@H](CC(=O)O)C(N)=O)NC(=O)[C@H](Cc2ccccc2)NC(=O)[C@H](CCC(N)=O)NC(O)[C@H]([C@@H](C)OC)NC(=O)[C@@H]2CCCN2C(=O)[C@@H]2CCCN2C1=O. The molecular weight excluding hydrogens is 1490 g/mol. The largest absolute Gasteiger partial charge is 0.481 e. The van der Waals surface area contributed by atoms with Gasteiger partial charge in [0.1, 0.15) is 42.5 Å². The van der Waals surface area contributed by atoms with Crippen LogP contribution in [0.2, 0.25) is 0 Å². The van der Waals surface area contributed by atoms with Crippen molar-refractivity contribution in [1.29, 1.82) is 0 Å². The average Bonchev–Trinajstić information content (AvgIpc) is 1.64. The van der Waals surface area contributed by atoms with Crippen LogP contribution in [0.3, 0.4) is 0 Å². The number of nitrogens with two attached hydrogens (primary N) is 2. The van der Waals surface area contributed by atoms with E-state index in [1.54, 1.807) is 45.0 Å². The molecule has 0 aliphatic carbocycles. The number of nitrogens with zero attached hydrogens (tertiary/aromatic N) is 6. The van der Waals surface area contributed by atoms with E-state index in [0.717, 1.165) is 35.7 Å². The summed E-state index contributed by atoms with van der Waals surface area (Å²) in [6.07, 6.45) is -1.07. The van der Waals surface area contributed by atoms with Crippen LogP contribution in [0.4, 0.5) is 0 Å². The molecule has 0 saturated carbocycles. The van der Waals surface area contributed by atoms with Gasteiger partial charge in [0.2, 0.25) is 59.1 Å². The van der Waals surface area contributed by atoms with Gasteiger partial charge in [-0.25, -0.2) is 0 Å². The Labute approximate surface area is 652 Å². The van der Waals surface area contributed by atoms with Crippen LogP contribution in [0, 0.1) is 0 Å². The van der Waals surface area contributed by atoms with E-state index in [1.807, 2.05) is 30.0 Å². The van der Waals surface area contributed by atoms with Gasteiger partial charge in [0.15, 0.2) is 0 Å². The number of thioether (sulfide) groups is 3. The molecule has 16 N–H and O–H groups in total. The smallest absolute Gasteiger partial charge is 0.317 e. The maximum absolute atomic E-state index is 15.0. The van der Waals surface area contributed by atoms with Crippen LogP contribution in [-0.4, -0.2) is 321 Å². The van der Waals surface area contributed by atoms with Crippen LogP contribution in [0.5, 0.6) is 0 Å². The van der Waals surface area contributed by atoms with Gasteiger partial charge in [0, 0.05) is 133 Å². The lowest BCUT2D eigenvalue weighted by Crippen LogP contribution is -2.63. The number of amides is 10. The van der Waals surface area contributed by atoms with Crippen LogP contribution in [0.1, 0.15) is 107 Å². The highest BCUT2D eigenvalue weighted by molar-refractivity contribution is 7.99. The number of hydrogen-bond donors (Lipinski definition) is 14. The fourth-order valence-corrected chi connectivity index (χ4v) is 16.1. The summed E-state index contributed by atoms with van der Waals surface area (Å²) in [5.41, 5.74) is 14.0. The van der Waals surface area contributed by atoms with Crippen molar-refractivity contribution >= 4 is 118 Å². The molecule has 6 rings (SSSR count). The number of fused-ring (bicyclic) bond motifs is 4. The molecule has 2 bridgehead atoms. The Morgan fingerprint density at radius 1 is 0.636 bits per heavy atom. The van der Waals surface area contributed by atoms with Crippen molar-refractivity contribution in [2.24, 2.45) is 11.5 Å². The standard InChI is InChI=1S/C72H109N15O20S3/c1-4-5-7-16-58(89)76-54-44-110-42-49-32-47(40-108-30-19-75-59(90)36-82-22-24-83(37-61(93)94)26-28-85(39-63(97)98)29-27-84(25-23-82)38-62(95)96)31-48(33-49)41-109-43-53(68(102)78-51(65(74)99)35-60(91)92)80-67(101)52(34-46-12-8-6-9-13-46)79-66(100)50(17-18-57(73)88)77-70(104)64(45(2)107-3)81-69(103)55-14-10-20-86(55)72(106)56-15-11-21-87(56)71(54)105/h6,8-9,12-13,31-33,45,50-56,64,70,77,104H,4-5,7,10-11,14-30,34-44H2,1-3H3,(H2,73,88)(H2,74,99)(H,75,90)(H,76,89)(H,78,102)(H,79,100)(H,80,101)(H,81,103)(H,91,92)(H,93,94)(H,95,96)(H,97,98)/t45-,50+,51+,52+,53+,54+,55+,56+,64+,70?/m1/s1. The van der Waals surface area contributed by atoms with Gasteiger partial charge in [-0.1, -0.05) is 68.3 Å². The zero-order valence-corrected chi connectivity index (χ0v) is 65.1. The van der Waals surface area contributed by atoms with Crippen molar-refractivity contribution in [1.82, 2.24) is 66.6 Å². The first-order chi connectivity index (χ1) is 52.5. The Kier molecular flexibility index (Phi) is 38.9. The number of methoxy groups -OCH3 is 1. The van der Waals surface area contributed by atoms with Crippen LogP contribution < -0.4 is 48.7 Å². The highest BCUT2D eigenvalue weighted by atomic mass is 32.2. The van der Waals surface area contributed by atoms with Crippen molar-refractivity contribution in [3.63, 3.8) is 0 Å². The van der Waals surface area contributed by atoms with Crippen LogP contribution in [-0.2, 0) is 95.5 Å². The first-order valence-corrected chi connectivity index (χ1v) is 40.6. The lowest BCUT2D eigenvalue weighted by molar-refractivity contribution is -0.148. The third-order valence-corrected chi connectivity index (χ3v) is 22.5. The minimum absolute atomic E-state index is 0.0639. The number of aliphatic carboxylic acids is 4. The van der Waals surface area contributed by atoms with Crippen molar-refractivity contribution in [2.45, 2.75) is 169 Å². The highest BCUT2D eigenvalue weighted by Gasteiger charge is 2.45. The van der Waals surface area contributed by atoms with Gasteiger partial charge in [0.25, 0.3) is 0 Å². The molecule has 4 heterocycles. The molecule has 0 aromatic heterocycles. The number of hydrogen-bond acceptors (Lipinski definition) is 24. The Morgan fingerprint density at radius 2 is 1.19 bits per heavy atom. The van der Waals surface area contributed by atoms with E-state index in [4.69, 9.17) is 16.2 Å². The maximum atomic E-state index is 15.0. The van der Waals surface area contributed by atoms with Crippen LogP contribution in [0.15, 0.2) is 48.5 Å². The average molecular weight is 1600 g/mol. The van der Waals surface area contributed by atoms with Crippen molar-refractivity contribution < 1.29 is 97.4 Å². The van der Waals surface area contributed by atoms with Crippen molar-refractivity contribution in [3.05, 3.63) is 70.8 Å². The molecular formula is C72H109N15O20S3. The van der Waals surface area contributed by atoms with E-state index < -0.39 is 145 Å². The van der Waals surface area contributed by atoms with E-state index >= 15 is 4.79 Å². The molecule has 38 heteroatoms. The molecule has 2 aromatic rings. The predicted octanol–water partition coefficient (Wildman–Crippen LogP) is -2.24. The summed E-state index contributed by atoms with van der Waals surface area (Å²) in [5.74, 6) is -10.9. The fraction of sp³-hybridized carbons (Fsp3) is 0.639. The summed E-state index contributed by atoms with van der Waals surface area (Å²) in [5, 5.41) is 70.1. The van der Waals surface area contributed by atoms with Crippen LogP contribution in [0.25, 0.3) is 0 Å². The Morgan fingerprint density at radius 3 is 1.74 bits per heavy atom. The summed E-state index contributed by atoms with van der Waals surface area (Å²) >= 11 is 3.99. The second-order valence-electron chi connectivity index (χ2n) is 27.9. The Hall–Kier alpha value is -8.21. The number of unbranched alkanes of at least 4 members (excludes halogenated alkanes) is 2. The zero-order chi connectivity index (χ0) is 80.4. The van der Waals surface area contributed by atoms with Gasteiger partial charge in [0.05, 0.1) is 50.8 Å². The summed E-state index contributed by atoms with van der Waals surface area (Å²) in [6, 6.07) is 3.36. The topological polar surface area (TPSA) is 505 Å². The monoisotopic (exact) mass is 1600 g/mol. The molecule has 35 nitrogen and oxygen atoms in total. The minimum Gasteiger partial charge on any atom is -0.481 e. The first kappa shape index (κ1) is 90.7. The number of primary amides is 2. The quantitative estimate of drug-likeness (QED) is 0.0368. The van der Waals surface area contributed by atoms with Gasteiger partial charge < -0.3 is 83.4 Å². The number of nitrogens with one attached hydrogen (secondary N) is 7. The number of rotatable bonds is 30. The summed E-state index contributed by atoms with van der Waals surface area (Å²) in [7, 11) is 1.32. The lowest BCUT2D eigenvalue weighted by Gasteiger charge is -2.35. The van der Waals surface area contributed by atoms with E-state index in [1.165, 1.54) is 47.4 Å². The first-order valence-electron chi connectivity index (χ1n) is 37.1. The van der Waals surface area contributed by atoms with Gasteiger partial charge in [-0.15, -0.1) is 0 Å². The van der Waals surface area contributed by atoms with Crippen LogP contribution >= 0.6 is 35.3 Å². The summed E-state index contributed by atoms with van der Waals surface area (Å²) < 4.78 is 5.62. The molecule has 110 heavy (non-hydrogen) atoms. The number of carbonyl (C=O) groups excluding carboxylic acids is 10. The number of carboxylic acid groups (broad SMARTS) is 4. The molecule has 10 amide bonds. The summed E-state index contributed by atoms with van der Waals surface area (Å²) in [4.78, 5) is 198. The van der Waals surface area contributed by atoms with Gasteiger partial charge >= 0.3 is 23.9 Å². The molecule has 0 radical (unpaired) electrons. The molecule has 3 fully saturated rings. The summed E-state index contributed by atoms with van der Waals surface area (Å²) in [6.45, 7) is 4.71. The van der Waals surface area contributed by atoms with Gasteiger partial charge in [-0.05, 0) is 67.7 Å². The highest BCUT2D eigenvalue weighted by Crippen LogP contribution is 2.29. The number of carbonyl (C=O) groups is 14. The predicted molar refractivity (Wildman–Crippen MR) is 409 cm³/mol. The van der Waals surface area contributed by atoms with Crippen molar-refractivity contribution in [3.8, 4) is 0 Å². The Bertz CT molecular complexity index is 3430. The normalized spacial score (nSPS) is 23.4. The molecule has 610 valence electrons. The molecule has 1 unspecified atom stereocenters. The molecule has 10 atom stereocenters. The van der Waals surface area contributed by atoms with E-state index in [-0.39, 0.29) is 165 Å². The second-order valence-corrected chi connectivity index (χ2v) is 31.0. The number of benzene rings is 2. The molecule has 4 aliphatic heterocycles. The molecule has 4 aliphatic rings. The Balaban J connectivity index is 1.34. The van der Waals surface area contributed by atoms with Gasteiger partial charge in [-0.2, -0.15) is 35.3 Å². The number of carboxylic acids is 4. The van der Waals surface area contributed by atoms with E-state index in [9.17, 15) is 87.9 Å². The van der Waals surface area contributed by atoms with Gasteiger partial charge in [-0.3, -0.25) is 92.0 Å². The minimum atomic E-state index is -1.83. The van der Waals surface area contributed by atoms with Crippen molar-refractivity contribution in [2.75, 3.05) is 123 Å². The molecule has 0 spiro atoms. The molecule has 3 saturated heterocycles. The zero-order valence-electron chi connectivity index (χ0n) is 62.6. The number of aliphatic hydroxyl groups excluding tert-OH is 1. The third kappa shape index (κ3) is 31.5. The second kappa shape index (κ2) is 47.2. The maximum Gasteiger partial charge on any atom is 0.317 e. The number of ether oxygens (including phenoxy) is 1. The van der Waals surface area contributed by atoms with E-state index in [0.29, 0.717) is 41.9 Å². The van der Waals surface area contributed by atoms with E-state index in [2.05, 4.69) is 37.2 Å². The molecule has 2 aromatic carbocycles. The fourth-order valence-electron chi connectivity index (χ4n) is 13.3. The third-order valence-electron chi connectivity index (χ3n) is 19.2.